The number of nitrogens with zero attached hydrogens (tertiary/aromatic N) is 4. The molecule has 426 valence electrons. The zero-order valence-electron chi connectivity index (χ0n) is 65.9. The molecule has 0 atom stereocenters. The number of hydrogen-bond acceptors (Lipinski definition) is 4. The molecule has 2 aromatic heterocycles. The maximum absolute atomic E-state index is 10.6. The van der Waals surface area contributed by atoms with Crippen molar-refractivity contribution < 1.29 is 25.3 Å². The Bertz CT molecular complexity index is 5260. The van der Waals surface area contributed by atoms with Crippen molar-refractivity contribution in [1.29, 1.82) is 0 Å². The van der Waals surface area contributed by atoms with Crippen LogP contribution in [-0.2, 0) is 27.1 Å². The standard InChI is InChI=1S/C80H80N4O/c1-76(2,3)57-42-55(52-25-16-14-17-26-52)41-56(43-57)65-46-58(77(4,5)6)45-64(54-35-38-67-69(44-54)80(12,13)40-39-79(67,10)11)75(65)83-51-82(71-33-22-23-34-72(71)83)59-29-24-30-60(47-59)85-61-36-37-63-62-31-20-21-32-70(62)84(73(63)48-61)74-49-68(78(7,8)9)66(50-81-74)53-27-18-15-19-28-53/h14-38,41-50H,39-40,51H2,1-13H3/i15D,18D,19D,20D,21D,27D,28D,31D,32D,35D,38D,41D,42D,43D,44D. The molecule has 0 unspecified atom stereocenters. The molecule has 85 heavy (non-hydrogen) atoms. The molecule has 1 aliphatic heterocycles. The number of anilines is 4. The van der Waals surface area contributed by atoms with E-state index in [4.69, 9.17) is 19.3 Å². The summed E-state index contributed by atoms with van der Waals surface area (Å²) in [5.41, 5.74) is 6.50. The molecule has 9 aromatic carbocycles. The van der Waals surface area contributed by atoms with E-state index in [-0.39, 0.29) is 94.9 Å². The second-order valence-corrected chi connectivity index (χ2v) is 27.2. The van der Waals surface area contributed by atoms with E-state index in [1.165, 1.54) is 6.20 Å². The van der Waals surface area contributed by atoms with Gasteiger partial charge in [0, 0.05) is 51.5 Å². The predicted molar refractivity (Wildman–Crippen MR) is 360 cm³/mol. The van der Waals surface area contributed by atoms with Crippen LogP contribution in [0.5, 0.6) is 11.5 Å². The van der Waals surface area contributed by atoms with E-state index in [2.05, 4.69) is 70.4 Å². The van der Waals surface area contributed by atoms with E-state index in [9.17, 15) is 11.0 Å². The third-order valence-corrected chi connectivity index (χ3v) is 17.1. The van der Waals surface area contributed by atoms with Crippen molar-refractivity contribution in [2.45, 2.75) is 130 Å². The summed E-state index contributed by atoms with van der Waals surface area (Å²) in [5.74, 6) is 1.01. The van der Waals surface area contributed by atoms with Gasteiger partial charge in [-0.3, -0.25) is 4.57 Å². The third-order valence-electron chi connectivity index (χ3n) is 17.1. The normalized spacial score (nSPS) is 17.4. The molecule has 2 aliphatic rings. The Labute approximate surface area is 525 Å². The number of para-hydroxylation sites is 3. The van der Waals surface area contributed by atoms with E-state index in [1.54, 1.807) is 28.8 Å². The van der Waals surface area contributed by atoms with Gasteiger partial charge in [0.05, 0.1) is 48.7 Å². The van der Waals surface area contributed by atoms with Crippen molar-refractivity contribution in [2.75, 3.05) is 16.5 Å². The zero-order chi connectivity index (χ0) is 72.4. The molecule has 0 radical (unpaired) electrons. The van der Waals surface area contributed by atoms with Crippen LogP contribution in [0.15, 0.2) is 212 Å². The SMILES string of the molecule is [2H]c1c([2H])c([2H])c(-c2cnc(-n3c4cc(Oc5cccc(N6CN(c7c(-c8c([2H])c(-c9ccccc9)c([2H])c(C(C)(C)C)c8[2H])cc(C(C)(C)C)cc7-c7c([2H])c([2H])c8c(c7[2H])C(C)(C)CCC8(C)C)c7ccccc76)c5)ccc4c4c([2H])c([2H])c([2H])c([2H])c43)cc2C(C)(C)C)c([2H])c1[2H]. The number of rotatable bonds is 9. The molecule has 0 N–H and O–H groups in total. The molecular weight excluding hydrogens is 1030 g/mol. The first kappa shape index (κ1) is 40.6. The molecule has 0 saturated carbocycles. The number of pyridine rings is 1. The molecule has 1 aliphatic carbocycles. The van der Waals surface area contributed by atoms with E-state index < -0.39 is 57.3 Å². The van der Waals surface area contributed by atoms with Gasteiger partial charge in [-0.1, -0.05) is 217 Å². The van der Waals surface area contributed by atoms with Crippen LogP contribution < -0.4 is 14.5 Å². The van der Waals surface area contributed by atoms with Crippen LogP contribution in [0.4, 0.5) is 22.7 Å². The Morgan fingerprint density at radius 3 is 1.84 bits per heavy atom. The first-order valence-corrected chi connectivity index (χ1v) is 29.4. The lowest BCUT2D eigenvalue weighted by atomic mass is 9.63. The quantitative estimate of drug-likeness (QED) is 0.144. The smallest absolute Gasteiger partial charge is 0.137 e. The Balaban J connectivity index is 1.01. The number of fused-ring (bicyclic) bond motifs is 5. The summed E-state index contributed by atoms with van der Waals surface area (Å²) in [6.07, 6.45) is 3.00. The van der Waals surface area contributed by atoms with Crippen molar-refractivity contribution in [3.05, 3.63) is 240 Å². The Morgan fingerprint density at radius 2 is 1.12 bits per heavy atom. The fourth-order valence-electron chi connectivity index (χ4n) is 12.1. The van der Waals surface area contributed by atoms with Crippen LogP contribution in [0.1, 0.15) is 151 Å². The monoisotopic (exact) mass is 1130 g/mol. The third kappa shape index (κ3) is 10.2. The molecule has 5 heteroatoms. The first-order chi connectivity index (χ1) is 46.8. The van der Waals surface area contributed by atoms with E-state index in [1.807, 2.05) is 120 Å². The number of hydrogen-bond donors (Lipinski definition) is 0. The summed E-state index contributed by atoms with van der Waals surface area (Å²) < 4.78 is 150. The van der Waals surface area contributed by atoms with Gasteiger partial charge in [-0.05, 0) is 162 Å². The Morgan fingerprint density at radius 1 is 0.471 bits per heavy atom. The number of ether oxygens (including phenoxy) is 1. The van der Waals surface area contributed by atoms with Crippen LogP contribution in [0.3, 0.4) is 0 Å². The Kier molecular flexibility index (Phi) is 9.81. The van der Waals surface area contributed by atoms with Crippen LogP contribution in [-0.4, -0.2) is 16.2 Å². The fraction of sp³-hybridized carbons (Fsp3) is 0.263. The highest BCUT2D eigenvalue weighted by atomic mass is 16.5. The van der Waals surface area contributed by atoms with E-state index >= 15 is 0 Å². The van der Waals surface area contributed by atoms with Crippen molar-refractivity contribution >= 4 is 44.6 Å². The lowest BCUT2D eigenvalue weighted by Gasteiger charge is -2.42. The molecule has 0 saturated heterocycles. The summed E-state index contributed by atoms with van der Waals surface area (Å²) in [7, 11) is 0. The van der Waals surface area contributed by atoms with Crippen LogP contribution in [0.25, 0.3) is 72.1 Å². The highest BCUT2D eigenvalue weighted by Crippen LogP contribution is 2.54. The van der Waals surface area contributed by atoms with Crippen molar-refractivity contribution in [1.82, 2.24) is 9.55 Å². The minimum absolute atomic E-state index is 0.00889. The predicted octanol–water partition coefficient (Wildman–Crippen LogP) is 22.1. The van der Waals surface area contributed by atoms with Crippen LogP contribution in [0, 0.1) is 0 Å². The number of aromatic nitrogens is 2. The molecular formula is C80H80N4O. The minimum Gasteiger partial charge on any atom is -0.457 e. The van der Waals surface area contributed by atoms with E-state index in [0.29, 0.717) is 83.8 Å². The lowest BCUT2D eigenvalue weighted by molar-refractivity contribution is 0.332. The molecule has 11 aromatic rings. The minimum atomic E-state index is -0.739. The van der Waals surface area contributed by atoms with Crippen LogP contribution in [0.2, 0.25) is 0 Å². The van der Waals surface area contributed by atoms with Gasteiger partial charge in [-0.15, -0.1) is 0 Å². The van der Waals surface area contributed by atoms with Gasteiger partial charge in [0.1, 0.15) is 24.0 Å². The summed E-state index contributed by atoms with van der Waals surface area (Å²) in [5, 5.41) is 0.725. The summed E-state index contributed by atoms with van der Waals surface area (Å²) in [6.45, 7) is 26.6. The van der Waals surface area contributed by atoms with Gasteiger partial charge in [0.25, 0.3) is 0 Å². The van der Waals surface area contributed by atoms with Crippen molar-refractivity contribution in [3.63, 3.8) is 0 Å². The highest BCUT2D eigenvalue weighted by Gasteiger charge is 2.39. The molecule has 3 heterocycles. The molecule has 0 bridgehead atoms. The number of benzene rings is 9. The highest BCUT2D eigenvalue weighted by molar-refractivity contribution is 6.09. The molecule has 0 fully saturated rings. The summed E-state index contributed by atoms with van der Waals surface area (Å²) in [4.78, 5) is 9.16. The maximum Gasteiger partial charge on any atom is 0.137 e. The van der Waals surface area contributed by atoms with Gasteiger partial charge in [0.2, 0.25) is 0 Å². The lowest BCUT2D eigenvalue weighted by Crippen LogP contribution is -2.33. The van der Waals surface area contributed by atoms with Gasteiger partial charge < -0.3 is 14.5 Å². The van der Waals surface area contributed by atoms with Gasteiger partial charge in [0.15, 0.2) is 0 Å². The average Bonchev–Trinajstić information content (AvgIpc) is 1.13. The first-order valence-electron chi connectivity index (χ1n) is 36.9. The largest absolute Gasteiger partial charge is 0.457 e. The topological polar surface area (TPSA) is 33.5 Å². The van der Waals surface area contributed by atoms with Gasteiger partial charge in [-0.2, -0.15) is 0 Å². The summed E-state index contributed by atoms with van der Waals surface area (Å²) in [6, 6.07) is 32.6. The Hall–Kier alpha value is -8.67. The average molecular weight is 1130 g/mol. The van der Waals surface area contributed by atoms with Gasteiger partial charge in [-0.25, -0.2) is 4.98 Å². The van der Waals surface area contributed by atoms with Crippen molar-refractivity contribution in [2.24, 2.45) is 0 Å². The summed E-state index contributed by atoms with van der Waals surface area (Å²) >= 11 is 0. The van der Waals surface area contributed by atoms with Crippen molar-refractivity contribution in [3.8, 4) is 61.8 Å². The molecule has 5 nitrogen and oxygen atoms in total. The van der Waals surface area contributed by atoms with Gasteiger partial charge >= 0.3 is 0 Å². The molecule has 0 amide bonds. The second kappa shape index (κ2) is 20.5. The van der Waals surface area contributed by atoms with E-state index in [0.717, 1.165) is 35.3 Å². The van der Waals surface area contributed by atoms with Crippen LogP contribution >= 0.6 is 0 Å². The molecule has 0 spiro atoms. The second-order valence-electron chi connectivity index (χ2n) is 27.2. The maximum atomic E-state index is 10.6. The fourth-order valence-corrected chi connectivity index (χ4v) is 12.1. The molecule has 13 rings (SSSR count). The zero-order valence-corrected chi connectivity index (χ0v) is 50.9.